The molecule has 10 aromatic rings. The second kappa shape index (κ2) is 11.9. The van der Waals surface area contributed by atoms with Crippen molar-refractivity contribution in [2.24, 2.45) is 0 Å². The predicted molar refractivity (Wildman–Crippen MR) is 251 cm³/mol. The van der Waals surface area contributed by atoms with Gasteiger partial charge < -0.3 is 4.90 Å². The van der Waals surface area contributed by atoms with E-state index in [0.717, 1.165) is 17.1 Å². The molecule has 0 aliphatic heterocycles. The minimum Gasteiger partial charge on any atom is -0.310 e. The second-order valence-corrected chi connectivity index (χ2v) is 17.1. The molecule has 61 heavy (non-hydrogen) atoms. The number of hydrogen-bond acceptors (Lipinski definition) is 1. The molecule has 1 nitrogen and oxygen atoms in total. The van der Waals surface area contributed by atoms with Crippen LogP contribution in [-0.4, -0.2) is 0 Å². The summed E-state index contributed by atoms with van der Waals surface area (Å²) in [6.07, 6.45) is 0. The van der Waals surface area contributed by atoms with Crippen LogP contribution >= 0.6 is 0 Å². The topological polar surface area (TPSA) is 3.24 Å². The third-order valence-electron chi connectivity index (χ3n) is 14.5. The van der Waals surface area contributed by atoms with Crippen molar-refractivity contribution >= 4 is 27.8 Å². The molecule has 0 atom stereocenters. The van der Waals surface area contributed by atoms with Gasteiger partial charge in [-0.3, -0.25) is 0 Å². The molecule has 0 saturated carbocycles. The zero-order chi connectivity index (χ0) is 39.9. The van der Waals surface area contributed by atoms with Crippen LogP contribution in [-0.2, 0) is 10.8 Å². The summed E-state index contributed by atoms with van der Waals surface area (Å²) in [5.74, 6) is 0. The molecule has 10 aromatic carbocycles. The standard InChI is InChI=1S/C60H37N/c1-2-18-41-38(16-1)17-15-31-58(41)61(39-32-34-48-46-23-7-13-29-54(46)59(56(48)36-39)50-25-9-3-19-42(50)43-20-4-10-26-51(43)59)40-33-35-49-47-24-8-14-30-55(47)60(57(49)37-40)52-27-11-5-21-44(52)45-22-6-12-28-53(45)60/h1-37H. The summed E-state index contributed by atoms with van der Waals surface area (Å²) in [4.78, 5) is 2.54. The summed E-state index contributed by atoms with van der Waals surface area (Å²) in [7, 11) is 0. The minimum absolute atomic E-state index is 0.444. The van der Waals surface area contributed by atoms with Crippen LogP contribution in [0.3, 0.4) is 0 Å². The summed E-state index contributed by atoms with van der Waals surface area (Å²) >= 11 is 0. The monoisotopic (exact) mass is 771 g/mol. The van der Waals surface area contributed by atoms with Crippen LogP contribution in [0.15, 0.2) is 224 Å². The van der Waals surface area contributed by atoms with E-state index < -0.39 is 10.8 Å². The fourth-order valence-electron chi connectivity index (χ4n) is 12.3. The SMILES string of the molecule is c1ccc2c(c1)-c1ccccc1C21c2ccccc2-c2ccc(N(c3ccc4c(c3)C3(c5ccccc5-c5ccccc53)c3ccccc3-4)c3cccc4ccccc34)cc21. The Bertz CT molecular complexity index is 3190. The highest BCUT2D eigenvalue weighted by atomic mass is 15.1. The smallest absolute Gasteiger partial charge is 0.0726 e. The summed E-state index contributed by atoms with van der Waals surface area (Å²) in [6, 6.07) is 84.7. The van der Waals surface area contributed by atoms with Crippen LogP contribution in [0.25, 0.3) is 55.3 Å². The molecule has 0 N–H and O–H groups in total. The van der Waals surface area contributed by atoms with Gasteiger partial charge in [0.1, 0.15) is 0 Å². The first-order valence-corrected chi connectivity index (χ1v) is 21.4. The molecule has 2 spiro atoms. The van der Waals surface area contributed by atoms with Crippen molar-refractivity contribution in [3.8, 4) is 44.5 Å². The molecule has 0 aromatic heterocycles. The summed E-state index contributed by atoms with van der Waals surface area (Å²) in [5.41, 5.74) is 23.8. The Kier molecular flexibility index (Phi) is 6.48. The highest BCUT2D eigenvalue weighted by Crippen LogP contribution is 2.65. The Morgan fingerprint density at radius 2 is 0.557 bits per heavy atom. The van der Waals surface area contributed by atoms with Gasteiger partial charge in [-0.2, -0.15) is 0 Å². The van der Waals surface area contributed by atoms with Crippen LogP contribution in [0.2, 0.25) is 0 Å². The summed E-state index contributed by atoms with van der Waals surface area (Å²) in [6.45, 7) is 0. The van der Waals surface area contributed by atoms with Gasteiger partial charge in [0.25, 0.3) is 0 Å². The predicted octanol–water partition coefficient (Wildman–Crippen LogP) is 15.0. The van der Waals surface area contributed by atoms with Crippen LogP contribution in [0, 0.1) is 0 Å². The zero-order valence-corrected chi connectivity index (χ0v) is 33.3. The van der Waals surface area contributed by atoms with E-state index in [9.17, 15) is 0 Å². The number of benzene rings is 10. The Balaban J connectivity index is 1.07. The van der Waals surface area contributed by atoms with Crippen molar-refractivity contribution < 1.29 is 0 Å². The van der Waals surface area contributed by atoms with Gasteiger partial charge in [0, 0.05) is 16.8 Å². The van der Waals surface area contributed by atoms with E-state index in [1.54, 1.807) is 0 Å². The Labute approximate surface area is 355 Å². The molecule has 0 heterocycles. The maximum atomic E-state index is 2.54. The van der Waals surface area contributed by atoms with Gasteiger partial charge in [0.2, 0.25) is 0 Å². The number of hydrogen-bond donors (Lipinski definition) is 0. The number of nitrogens with zero attached hydrogens (tertiary/aromatic N) is 1. The van der Waals surface area contributed by atoms with Crippen LogP contribution in [0.5, 0.6) is 0 Å². The molecule has 4 aliphatic carbocycles. The minimum atomic E-state index is -0.444. The first-order chi connectivity index (χ1) is 30.3. The lowest BCUT2D eigenvalue weighted by Crippen LogP contribution is -2.26. The maximum Gasteiger partial charge on any atom is 0.0726 e. The number of fused-ring (bicyclic) bond motifs is 21. The zero-order valence-electron chi connectivity index (χ0n) is 33.3. The normalized spacial score (nSPS) is 14.5. The molecule has 282 valence electrons. The van der Waals surface area contributed by atoms with Crippen molar-refractivity contribution in [3.63, 3.8) is 0 Å². The van der Waals surface area contributed by atoms with E-state index in [1.165, 1.54) is 99.8 Å². The molecule has 0 fully saturated rings. The quantitative estimate of drug-likeness (QED) is 0.173. The van der Waals surface area contributed by atoms with Crippen molar-refractivity contribution in [3.05, 3.63) is 269 Å². The van der Waals surface area contributed by atoms with Gasteiger partial charge in [-0.05, 0) is 125 Å². The van der Waals surface area contributed by atoms with E-state index in [4.69, 9.17) is 0 Å². The van der Waals surface area contributed by atoms with Crippen molar-refractivity contribution in [2.45, 2.75) is 10.8 Å². The van der Waals surface area contributed by atoms with Crippen molar-refractivity contribution in [2.75, 3.05) is 4.90 Å². The first kappa shape index (κ1) is 33.1. The van der Waals surface area contributed by atoms with E-state index >= 15 is 0 Å². The van der Waals surface area contributed by atoms with E-state index in [0.29, 0.717) is 0 Å². The molecular weight excluding hydrogens is 735 g/mol. The van der Waals surface area contributed by atoms with Crippen molar-refractivity contribution in [1.82, 2.24) is 0 Å². The average Bonchev–Trinajstić information content (AvgIpc) is 4.01. The second-order valence-electron chi connectivity index (χ2n) is 17.1. The lowest BCUT2D eigenvalue weighted by atomic mass is 9.70. The largest absolute Gasteiger partial charge is 0.310 e. The highest BCUT2D eigenvalue weighted by Gasteiger charge is 2.53. The van der Waals surface area contributed by atoms with E-state index in [-0.39, 0.29) is 0 Å². The van der Waals surface area contributed by atoms with Gasteiger partial charge in [-0.25, -0.2) is 0 Å². The van der Waals surface area contributed by atoms with Crippen LogP contribution in [0.1, 0.15) is 44.5 Å². The van der Waals surface area contributed by atoms with Gasteiger partial charge in [-0.15, -0.1) is 0 Å². The molecule has 0 unspecified atom stereocenters. The van der Waals surface area contributed by atoms with Gasteiger partial charge in [0.15, 0.2) is 0 Å². The fraction of sp³-hybridized carbons (Fsp3) is 0.0333. The third kappa shape index (κ3) is 4.02. The molecule has 0 saturated heterocycles. The molecule has 0 bridgehead atoms. The molecular formula is C60H37N. The summed E-state index contributed by atoms with van der Waals surface area (Å²) in [5, 5.41) is 2.44. The third-order valence-corrected chi connectivity index (χ3v) is 14.5. The van der Waals surface area contributed by atoms with Crippen LogP contribution < -0.4 is 4.90 Å². The first-order valence-electron chi connectivity index (χ1n) is 21.4. The van der Waals surface area contributed by atoms with Crippen molar-refractivity contribution in [1.29, 1.82) is 0 Å². The van der Waals surface area contributed by atoms with Gasteiger partial charge in [0.05, 0.1) is 16.5 Å². The van der Waals surface area contributed by atoms with Crippen LogP contribution in [0.4, 0.5) is 17.1 Å². The average molecular weight is 772 g/mol. The molecule has 0 radical (unpaired) electrons. The lowest BCUT2D eigenvalue weighted by molar-refractivity contribution is 0.792. The number of rotatable bonds is 3. The molecule has 0 amide bonds. The maximum absolute atomic E-state index is 2.54. The highest BCUT2D eigenvalue weighted by molar-refractivity contribution is 6.02. The summed E-state index contributed by atoms with van der Waals surface area (Å²) < 4.78 is 0. The van der Waals surface area contributed by atoms with E-state index in [2.05, 4.69) is 229 Å². The van der Waals surface area contributed by atoms with E-state index in [1.807, 2.05) is 0 Å². The van der Waals surface area contributed by atoms with Gasteiger partial charge >= 0.3 is 0 Å². The number of anilines is 3. The lowest BCUT2D eigenvalue weighted by Gasteiger charge is -2.34. The Morgan fingerprint density at radius 1 is 0.246 bits per heavy atom. The molecule has 14 rings (SSSR count). The fourth-order valence-corrected chi connectivity index (χ4v) is 12.3. The Hall–Kier alpha value is -7.74. The molecule has 4 aliphatic rings. The molecule has 1 heteroatoms. The van der Waals surface area contributed by atoms with Gasteiger partial charge in [-0.1, -0.05) is 194 Å². The Morgan fingerprint density at radius 3 is 0.951 bits per heavy atom.